The van der Waals surface area contributed by atoms with Crippen molar-refractivity contribution >= 4 is 5.97 Å². The molecule has 0 fully saturated rings. The number of fused-ring (bicyclic) bond motifs is 1. The maximum Gasteiger partial charge on any atom is 0.310 e. The van der Waals surface area contributed by atoms with Gasteiger partial charge < -0.3 is 9.84 Å². The van der Waals surface area contributed by atoms with Crippen LogP contribution in [0.5, 0.6) is 5.75 Å². The van der Waals surface area contributed by atoms with Crippen LogP contribution in [-0.2, 0) is 4.79 Å². The Bertz CT molecular complexity index is 412. The summed E-state index contributed by atoms with van der Waals surface area (Å²) in [5.41, 5.74) is 1.99. The third kappa shape index (κ3) is 1.66. The SMILES string of the molecule is COc1cccc2c1C(C)CCC2C(=O)O. The molecule has 86 valence electrons. The van der Waals surface area contributed by atoms with Gasteiger partial charge in [0.05, 0.1) is 13.0 Å². The Kier molecular flexibility index (Phi) is 2.86. The second-order valence-corrected chi connectivity index (χ2v) is 4.33. The number of benzene rings is 1. The molecule has 1 N–H and O–H groups in total. The maximum absolute atomic E-state index is 11.2. The number of methoxy groups -OCH3 is 1. The third-order valence-corrected chi connectivity index (χ3v) is 3.37. The van der Waals surface area contributed by atoms with E-state index in [-0.39, 0.29) is 5.92 Å². The molecule has 0 spiro atoms. The van der Waals surface area contributed by atoms with Crippen LogP contribution in [0.2, 0.25) is 0 Å². The van der Waals surface area contributed by atoms with Crippen molar-refractivity contribution in [3.05, 3.63) is 29.3 Å². The Labute approximate surface area is 95.0 Å². The van der Waals surface area contributed by atoms with E-state index in [0.717, 1.165) is 29.7 Å². The van der Waals surface area contributed by atoms with Crippen molar-refractivity contribution < 1.29 is 14.6 Å². The molecule has 0 saturated carbocycles. The minimum Gasteiger partial charge on any atom is -0.496 e. The molecule has 16 heavy (non-hydrogen) atoms. The van der Waals surface area contributed by atoms with Gasteiger partial charge in [0, 0.05) is 5.56 Å². The molecule has 1 aliphatic rings. The van der Waals surface area contributed by atoms with Crippen LogP contribution in [0.15, 0.2) is 18.2 Å². The number of carboxylic acid groups (broad SMARTS) is 1. The van der Waals surface area contributed by atoms with Gasteiger partial charge in [0.1, 0.15) is 5.75 Å². The molecule has 3 heteroatoms. The highest BCUT2D eigenvalue weighted by Crippen LogP contribution is 2.43. The Balaban J connectivity index is 2.55. The van der Waals surface area contributed by atoms with Gasteiger partial charge >= 0.3 is 5.97 Å². The van der Waals surface area contributed by atoms with Gasteiger partial charge in [-0.2, -0.15) is 0 Å². The fourth-order valence-electron chi connectivity index (χ4n) is 2.54. The van der Waals surface area contributed by atoms with Crippen LogP contribution in [0.4, 0.5) is 0 Å². The van der Waals surface area contributed by atoms with E-state index in [0.29, 0.717) is 5.92 Å². The fourth-order valence-corrected chi connectivity index (χ4v) is 2.54. The standard InChI is InChI=1S/C13H16O3/c1-8-6-7-10(13(14)15)9-4-3-5-11(16-2)12(8)9/h3-5,8,10H,6-7H2,1-2H3,(H,14,15). The molecular weight excluding hydrogens is 204 g/mol. The summed E-state index contributed by atoms with van der Waals surface area (Å²) < 4.78 is 5.32. The highest BCUT2D eigenvalue weighted by Gasteiger charge is 2.31. The first-order valence-electron chi connectivity index (χ1n) is 5.54. The second kappa shape index (κ2) is 4.16. The highest BCUT2D eigenvalue weighted by molar-refractivity contribution is 5.77. The van der Waals surface area contributed by atoms with Crippen molar-refractivity contribution in [3.8, 4) is 5.75 Å². The van der Waals surface area contributed by atoms with E-state index >= 15 is 0 Å². The highest BCUT2D eigenvalue weighted by atomic mass is 16.5. The van der Waals surface area contributed by atoms with E-state index in [1.54, 1.807) is 7.11 Å². The first kappa shape index (κ1) is 11.0. The van der Waals surface area contributed by atoms with Crippen molar-refractivity contribution in [2.75, 3.05) is 7.11 Å². The Morgan fingerprint density at radius 1 is 1.44 bits per heavy atom. The van der Waals surface area contributed by atoms with Crippen molar-refractivity contribution in [1.29, 1.82) is 0 Å². The van der Waals surface area contributed by atoms with Gasteiger partial charge in [-0.25, -0.2) is 0 Å². The summed E-state index contributed by atoms with van der Waals surface area (Å²) in [6, 6.07) is 5.68. The lowest BCUT2D eigenvalue weighted by Crippen LogP contribution is -2.20. The third-order valence-electron chi connectivity index (χ3n) is 3.37. The molecule has 2 atom stereocenters. The van der Waals surface area contributed by atoms with Crippen molar-refractivity contribution in [1.82, 2.24) is 0 Å². The zero-order valence-electron chi connectivity index (χ0n) is 9.56. The molecule has 0 heterocycles. The lowest BCUT2D eigenvalue weighted by atomic mass is 9.77. The van der Waals surface area contributed by atoms with E-state index in [2.05, 4.69) is 6.92 Å². The molecule has 3 nitrogen and oxygen atoms in total. The van der Waals surface area contributed by atoms with Gasteiger partial charge in [0.25, 0.3) is 0 Å². The summed E-state index contributed by atoms with van der Waals surface area (Å²) in [5.74, 6) is 0.0837. The summed E-state index contributed by atoms with van der Waals surface area (Å²) >= 11 is 0. The fraction of sp³-hybridized carbons (Fsp3) is 0.462. The Hall–Kier alpha value is -1.51. The van der Waals surface area contributed by atoms with E-state index in [1.165, 1.54) is 0 Å². The molecule has 0 aromatic heterocycles. The number of ether oxygens (including phenoxy) is 1. The zero-order valence-corrected chi connectivity index (χ0v) is 9.56. The lowest BCUT2D eigenvalue weighted by Gasteiger charge is -2.28. The molecular formula is C13H16O3. The monoisotopic (exact) mass is 220 g/mol. The van der Waals surface area contributed by atoms with Gasteiger partial charge in [-0.3, -0.25) is 4.79 Å². The number of carbonyl (C=O) groups is 1. The summed E-state index contributed by atoms with van der Waals surface area (Å²) in [7, 11) is 1.63. The first-order valence-corrected chi connectivity index (χ1v) is 5.54. The van der Waals surface area contributed by atoms with Crippen LogP contribution in [0.3, 0.4) is 0 Å². The molecule has 2 unspecified atom stereocenters. The Morgan fingerprint density at radius 2 is 2.19 bits per heavy atom. The molecule has 2 rings (SSSR count). The van der Waals surface area contributed by atoms with Crippen LogP contribution in [0.25, 0.3) is 0 Å². The van der Waals surface area contributed by atoms with E-state index < -0.39 is 5.97 Å². The summed E-state index contributed by atoms with van der Waals surface area (Å²) in [6.07, 6.45) is 1.63. The predicted molar refractivity (Wildman–Crippen MR) is 61.0 cm³/mol. The quantitative estimate of drug-likeness (QED) is 0.833. The van der Waals surface area contributed by atoms with Gasteiger partial charge in [-0.05, 0) is 30.4 Å². The number of carboxylic acids is 1. The average Bonchev–Trinajstić information content (AvgIpc) is 2.28. The first-order chi connectivity index (χ1) is 7.65. The van der Waals surface area contributed by atoms with E-state index in [4.69, 9.17) is 4.74 Å². The maximum atomic E-state index is 11.2. The zero-order chi connectivity index (χ0) is 11.7. The summed E-state index contributed by atoms with van der Waals surface area (Å²) in [5, 5.41) is 9.19. The molecule has 0 radical (unpaired) electrons. The van der Waals surface area contributed by atoms with Crippen LogP contribution in [-0.4, -0.2) is 18.2 Å². The van der Waals surface area contributed by atoms with E-state index in [1.807, 2.05) is 18.2 Å². The number of hydrogen-bond donors (Lipinski definition) is 1. The normalized spacial score (nSPS) is 23.6. The van der Waals surface area contributed by atoms with Crippen LogP contribution in [0.1, 0.15) is 42.7 Å². The summed E-state index contributed by atoms with van der Waals surface area (Å²) in [4.78, 5) is 11.2. The predicted octanol–water partition coefficient (Wildman–Crippen LogP) is 2.76. The van der Waals surface area contributed by atoms with Crippen LogP contribution < -0.4 is 4.74 Å². The molecule has 1 aliphatic carbocycles. The van der Waals surface area contributed by atoms with E-state index in [9.17, 15) is 9.90 Å². The van der Waals surface area contributed by atoms with Crippen LogP contribution >= 0.6 is 0 Å². The molecule has 0 bridgehead atoms. The largest absolute Gasteiger partial charge is 0.496 e. The molecule has 1 aromatic rings. The van der Waals surface area contributed by atoms with Gasteiger partial charge in [0.2, 0.25) is 0 Å². The van der Waals surface area contributed by atoms with Crippen molar-refractivity contribution in [3.63, 3.8) is 0 Å². The number of aliphatic carboxylic acids is 1. The minimum atomic E-state index is -0.735. The topological polar surface area (TPSA) is 46.5 Å². The van der Waals surface area contributed by atoms with Crippen LogP contribution in [0, 0.1) is 0 Å². The molecule has 0 amide bonds. The smallest absolute Gasteiger partial charge is 0.310 e. The van der Waals surface area contributed by atoms with Crippen molar-refractivity contribution in [2.45, 2.75) is 31.6 Å². The summed E-state index contributed by atoms with van der Waals surface area (Å²) in [6.45, 7) is 2.12. The average molecular weight is 220 g/mol. The molecule has 0 aliphatic heterocycles. The molecule has 0 saturated heterocycles. The van der Waals surface area contributed by atoms with Crippen molar-refractivity contribution in [2.24, 2.45) is 0 Å². The lowest BCUT2D eigenvalue weighted by molar-refractivity contribution is -0.139. The van der Waals surface area contributed by atoms with Gasteiger partial charge in [-0.15, -0.1) is 0 Å². The molecule has 1 aromatic carbocycles. The minimum absolute atomic E-state index is 0.374. The van der Waals surface area contributed by atoms with Gasteiger partial charge in [-0.1, -0.05) is 19.1 Å². The number of hydrogen-bond acceptors (Lipinski definition) is 2. The van der Waals surface area contributed by atoms with Gasteiger partial charge in [0.15, 0.2) is 0 Å². The Morgan fingerprint density at radius 3 is 2.81 bits per heavy atom. The number of rotatable bonds is 2. The second-order valence-electron chi connectivity index (χ2n) is 4.33.